The van der Waals surface area contributed by atoms with Gasteiger partial charge in [0.25, 0.3) is 0 Å². The van der Waals surface area contributed by atoms with Gasteiger partial charge in [0.05, 0.1) is 38.6 Å². The molecule has 126 valence electrons. The van der Waals surface area contributed by atoms with Crippen LogP contribution in [-0.4, -0.2) is 38.1 Å². The minimum atomic E-state index is -0.0661. The summed E-state index contributed by atoms with van der Waals surface area (Å²) in [7, 11) is 0. The smallest absolute Gasteiger partial charge is 0.309 e. The highest BCUT2D eigenvalue weighted by Crippen LogP contribution is 2.12. The van der Waals surface area contributed by atoms with Crippen molar-refractivity contribution in [3.05, 3.63) is 29.8 Å². The lowest BCUT2D eigenvalue weighted by Crippen LogP contribution is -3.13. The van der Waals surface area contributed by atoms with Crippen LogP contribution in [0.2, 0.25) is 0 Å². The maximum absolute atomic E-state index is 12.0. The van der Waals surface area contributed by atoms with Crippen molar-refractivity contribution in [3.8, 4) is 0 Å². The zero-order valence-electron chi connectivity index (χ0n) is 14.1. The van der Waals surface area contributed by atoms with Gasteiger partial charge in [0.15, 0.2) is 0 Å². The zero-order chi connectivity index (χ0) is 16.7. The molecule has 23 heavy (non-hydrogen) atoms. The molecule has 1 aromatic carbocycles. The average molecular weight is 319 g/mol. The van der Waals surface area contributed by atoms with E-state index in [0.29, 0.717) is 13.0 Å². The highest BCUT2D eigenvalue weighted by molar-refractivity contribution is 5.90. The number of aryl methyl sites for hydroxylation is 1. The molecule has 0 spiro atoms. The molecule has 2 rings (SSSR count). The Hall–Kier alpha value is -1.88. The van der Waals surface area contributed by atoms with E-state index < -0.39 is 0 Å². The number of benzene rings is 1. The molecule has 0 radical (unpaired) electrons. The van der Waals surface area contributed by atoms with Gasteiger partial charge in [0, 0.05) is 18.5 Å². The number of carbonyl (C=O) groups excluding carboxylic acids is 2. The fraction of sp³-hybridized carbons (Fsp3) is 0.556. The minimum Gasteiger partial charge on any atom is -0.466 e. The Kier molecular flexibility index (Phi) is 6.59. The predicted molar refractivity (Wildman–Crippen MR) is 89.3 cm³/mol. The summed E-state index contributed by atoms with van der Waals surface area (Å²) >= 11 is 0. The van der Waals surface area contributed by atoms with Gasteiger partial charge in [-0.2, -0.15) is 0 Å². The maximum Gasteiger partial charge on any atom is 0.309 e. The van der Waals surface area contributed by atoms with E-state index in [9.17, 15) is 9.59 Å². The molecule has 1 fully saturated rings. The standard InChI is InChI=1S/C18H26N2O3/c1-3-23-18(22)15-8-11-20(12-9-15)13-10-17(21)19-16-6-4-14(2)5-7-16/h4-7,15H,3,8-13H2,1-2H3,(H,19,21)/p+1. The van der Waals surface area contributed by atoms with Crippen molar-refractivity contribution in [2.75, 3.05) is 31.6 Å². The highest BCUT2D eigenvalue weighted by atomic mass is 16.5. The van der Waals surface area contributed by atoms with E-state index in [2.05, 4.69) is 5.32 Å². The molecule has 0 unspecified atom stereocenters. The average Bonchev–Trinajstić information content (AvgIpc) is 2.56. The van der Waals surface area contributed by atoms with Crippen molar-refractivity contribution in [1.82, 2.24) is 0 Å². The number of hydrogen-bond acceptors (Lipinski definition) is 3. The fourth-order valence-corrected chi connectivity index (χ4v) is 2.92. The van der Waals surface area contributed by atoms with Crippen molar-refractivity contribution in [2.45, 2.75) is 33.1 Å². The Labute approximate surface area is 138 Å². The molecule has 0 bridgehead atoms. The lowest BCUT2D eigenvalue weighted by atomic mass is 9.97. The van der Waals surface area contributed by atoms with Crippen LogP contribution in [0.3, 0.4) is 0 Å². The van der Waals surface area contributed by atoms with E-state index in [0.717, 1.165) is 38.2 Å². The molecule has 1 saturated heterocycles. The van der Waals surface area contributed by atoms with Gasteiger partial charge in [-0.1, -0.05) is 17.7 Å². The Bertz CT molecular complexity index is 520. The first kappa shape index (κ1) is 17.5. The summed E-state index contributed by atoms with van der Waals surface area (Å²) in [5.74, 6) is 0.0256. The number of quaternary nitrogens is 1. The van der Waals surface area contributed by atoms with Gasteiger partial charge in [0.2, 0.25) is 5.91 Å². The van der Waals surface area contributed by atoms with Crippen molar-refractivity contribution in [1.29, 1.82) is 0 Å². The normalized spacial score (nSPS) is 20.8. The summed E-state index contributed by atoms with van der Waals surface area (Å²) in [4.78, 5) is 25.1. The van der Waals surface area contributed by atoms with E-state index in [1.54, 1.807) is 0 Å². The molecule has 5 nitrogen and oxygen atoms in total. The highest BCUT2D eigenvalue weighted by Gasteiger charge is 2.28. The number of likely N-dealkylation sites (tertiary alicyclic amines) is 1. The summed E-state index contributed by atoms with van der Waals surface area (Å²) < 4.78 is 5.08. The summed E-state index contributed by atoms with van der Waals surface area (Å²) in [6.07, 6.45) is 2.22. The van der Waals surface area contributed by atoms with Crippen LogP contribution < -0.4 is 10.2 Å². The number of piperidine rings is 1. The van der Waals surface area contributed by atoms with Crippen molar-refractivity contribution >= 4 is 17.6 Å². The predicted octanol–water partition coefficient (Wildman–Crippen LogP) is 1.18. The molecule has 0 aliphatic carbocycles. The SMILES string of the molecule is CCOC(=O)C1CC[NH+](CCC(=O)Nc2ccc(C)cc2)CC1. The molecule has 1 aliphatic heterocycles. The maximum atomic E-state index is 12.0. The lowest BCUT2D eigenvalue weighted by molar-refractivity contribution is -0.905. The van der Waals surface area contributed by atoms with E-state index in [-0.39, 0.29) is 17.8 Å². The van der Waals surface area contributed by atoms with Crippen LogP contribution in [0.25, 0.3) is 0 Å². The van der Waals surface area contributed by atoms with Gasteiger partial charge in [-0.25, -0.2) is 0 Å². The first-order chi connectivity index (χ1) is 11.1. The molecule has 1 aromatic rings. The van der Waals surface area contributed by atoms with Gasteiger partial charge in [0.1, 0.15) is 0 Å². The van der Waals surface area contributed by atoms with E-state index in [1.165, 1.54) is 10.5 Å². The number of nitrogens with one attached hydrogen (secondary N) is 2. The summed E-state index contributed by atoms with van der Waals surface area (Å²) in [6, 6.07) is 7.82. The van der Waals surface area contributed by atoms with Crippen LogP contribution in [0.1, 0.15) is 31.7 Å². The van der Waals surface area contributed by atoms with Crippen LogP contribution in [0.4, 0.5) is 5.69 Å². The third-order valence-corrected chi connectivity index (χ3v) is 4.35. The second-order valence-corrected chi connectivity index (χ2v) is 6.19. The van der Waals surface area contributed by atoms with Gasteiger partial charge in [-0.05, 0) is 26.0 Å². The Morgan fingerprint density at radius 1 is 1.22 bits per heavy atom. The molecule has 0 saturated carbocycles. The number of amides is 1. The number of anilines is 1. The zero-order valence-corrected chi connectivity index (χ0v) is 14.1. The van der Waals surface area contributed by atoms with Crippen LogP contribution in [0, 0.1) is 12.8 Å². The third kappa shape index (κ3) is 5.67. The number of carbonyl (C=O) groups is 2. The fourth-order valence-electron chi connectivity index (χ4n) is 2.92. The van der Waals surface area contributed by atoms with Gasteiger partial charge < -0.3 is 15.0 Å². The largest absolute Gasteiger partial charge is 0.466 e. The lowest BCUT2D eigenvalue weighted by Gasteiger charge is -2.27. The Morgan fingerprint density at radius 3 is 2.48 bits per heavy atom. The molecule has 2 N–H and O–H groups in total. The van der Waals surface area contributed by atoms with Crippen LogP contribution in [0.5, 0.6) is 0 Å². The monoisotopic (exact) mass is 319 g/mol. The second-order valence-electron chi connectivity index (χ2n) is 6.19. The molecule has 5 heteroatoms. The molecule has 0 aromatic heterocycles. The minimum absolute atomic E-state index is 0.0417. The van der Waals surface area contributed by atoms with E-state index >= 15 is 0 Å². The Morgan fingerprint density at radius 2 is 1.87 bits per heavy atom. The molecule has 0 atom stereocenters. The van der Waals surface area contributed by atoms with Crippen molar-refractivity contribution in [2.24, 2.45) is 5.92 Å². The first-order valence-electron chi connectivity index (χ1n) is 8.45. The van der Waals surface area contributed by atoms with Crippen molar-refractivity contribution < 1.29 is 19.2 Å². The number of rotatable bonds is 6. The molecule has 1 heterocycles. The van der Waals surface area contributed by atoms with E-state index in [1.807, 2.05) is 38.1 Å². The number of esters is 1. The first-order valence-corrected chi connectivity index (χ1v) is 8.45. The van der Waals surface area contributed by atoms with Crippen molar-refractivity contribution in [3.63, 3.8) is 0 Å². The second kappa shape index (κ2) is 8.67. The molecular formula is C18H27N2O3+. The van der Waals surface area contributed by atoms with Crippen LogP contribution in [-0.2, 0) is 14.3 Å². The summed E-state index contributed by atoms with van der Waals surface area (Å²) in [5.41, 5.74) is 2.02. The number of ether oxygens (including phenoxy) is 1. The van der Waals surface area contributed by atoms with Gasteiger partial charge >= 0.3 is 5.97 Å². The molecule has 1 amide bonds. The van der Waals surface area contributed by atoms with Gasteiger partial charge in [-0.15, -0.1) is 0 Å². The Balaban J connectivity index is 1.67. The van der Waals surface area contributed by atoms with Crippen LogP contribution >= 0.6 is 0 Å². The van der Waals surface area contributed by atoms with E-state index in [4.69, 9.17) is 4.74 Å². The molecule has 1 aliphatic rings. The summed E-state index contributed by atoms with van der Waals surface area (Å²) in [5, 5.41) is 2.93. The quantitative estimate of drug-likeness (QED) is 0.774. The topological polar surface area (TPSA) is 59.8 Å². The summed E-state index contributed by atoms with van der Waals surface area (Å²) in [6.45, 7) is 6.99. The number of hydrogen-bond donors (Lipinski definition) is 2. The van der Waals surface area contributed by atoms with Crippen LogP contribution in [0.15, 0.2) is 24.3 Å². The van der Waals surface area contributed by atoms with Gasteiger partial charge in [-0.3, -0.25) is 9.59 Å². The molecular weight excluding hydrogens is 292 g/mol. The third-order valence-electron chi connectivity index (χ3n) is 4.35.